The molecule has 0 bridgehead atoms. The number of benzene rings is 1. The third kappa shape index (κ3) is 6.21. The summed E-state index contributed by atoms with van der Waals surface area (Å²) in [6.07, 6.45) is 0.555. The van der Waals surface area contributed by atoms with E-state index >= 15 is 0 Å². The molecule has 116 valence electrons. The van der Waals surface area contributed by atoms with Crippen LogP contribution in [0.15, 0.2) is 29.2 Å². The van der Waals surface area contributed by atoms with Crippen LogP contribution in [-0.2, 0) is 14.3 Å². The number of aliphatic carboxylic acids is 1. The molecule has 1 aromatic rings. The van der Waals surface area contributed by atoms with Crippen molar-refractivity contribution in [2.45, 2.75) is 50.5 Å². The quantitative estimate of drug-likeness (QED) is 0.641. The van der Waals surface area contributed by atoms with Crippen LogP contribution >= 0.6 is 11.8 Å². The summed E-state index contributed by atoms with van der Waals surface area (Å²) in [5.74, 6) is -1.30. The zero-order chi connectivity index (χ0) is 16.0. The number of carboxylic acids is 1. The normalized spacial score (nSPS) is 12.8. The van der Waals surface area contributed by atoms with Crippen molar-refractivity contribution >= 4 is 23.7 Å². The minimum Gasteiger partial charge on any atom is -0.481 e. The molecule has 1 N–H and O–H groups in total. The zero-order valence-electron chi connectivity index (χ0n) is 12.9. The molecule has 0 radical (unpaired) electrons. The Balaban J connectivity index is 2.59. The van der Waals surface area contributed by atoms with Gasteiger partial charge in [0, 0.05) is 4.90 Å². The lowest BCUT2D eigenvalue weighted by molar-refractivity contribution is -0.151. The lowest BCUT2D eigenvalue weighted by Crippen LogP contribution is -2.24. The van der Waals surface area contributed by atoms with Crippen LogP contribution in [0, 0.1) is 0 Å². The van der Waals surface area contributed by atoms with Gasteiger partial charge in [-0.15, -0.1) is 11.8 Å². The van der Waals surface area contributed by atoms with Crippen molar-refractivity contribution in [1.29, 1.82) is 0 Å². The van der Waals surface area contributed by atoms with Gasteiger partial charge in [-0.25, -0.2) is 0 Å². The summed E-state index contributed by atoms with van der Waals surface area (Å²) in [6.45, 7) is 7.35. The Kier molecular flexibility index (Phi) is 6.27. The predicted molar refractivity (Wildman–Crippen MR) is 83.7 cm³/mol. The maximum atomic E-state index is 11.6. The number of hydrogen-bond acceptors (Lipinski definition) is 4. The van der Waals surface area contributed by atoms with Gasteiger partial charge in [0.1, 0.15) is 5.60 Å². The molecule has 0 saturated carbocycles. The first-order valence-corrected chi connectivity index (χ1v) is 7.89. The minimum absolute atomic E-state index is 0.243. The Labute approximate surface area is 129 Å². The third-order valence-corrected chi connectivity index (χ3v) is 3.75. The SMILES string of the molecule is CCC(C(=O)O)c1ccc(SCC(=O)OC(C)(C)C)cc1. The van der Waals surface area contributed by atoms with Crippen LogP contribution < -0.4 is 0 Å². The van der Waals surface area contributed by atoms with Gasteiger partial charge < -0.3 is 9.84 Å². The molecule has 0 saturated heterocycles. The highest BCUT2D eigenvalue weighted by Crippen LogP contribution is 2.24. The van der Waals surface area contributed by atoms with Gasteiger partial charge >= 0.3 is 11.9 Å². The summed E-state index contributed by atoms with van der Waals surface area (Å²) in [4.78, 5) is 23.6. The fourth-order valence-corrected chi connectivity index (χ4v) is 2.53. The largest absolute Gasteiger partial charge is 0.481 e. The summed E-state index contributed by atoms with van der Waals surface area (Å²) in [7, 11) is 0. The van der Waals surface area contributed by atoms with Crippen molar-refractivity contribution in [2.24, 2.45) is 0 Å². The molecule has 0 aliphatic rings. The number of carboxylic acid groups (broad SMARTS) is 1. The number of carbonyl (C=O) groups is 2. The third-order valence-electron chi connectivity index (χ3n) is 2.77. The molecule has 0 fully saturated rings. The highest BCUT2D eigenvalue weighted by molar-refractivity contribution is 8.00. The smallest absolute Gasteiger partial charge is 0.316 e. The number of hydrogen-bond donors (Lipinski definition) is 1. The van der Waals surface area contributed by atoms with Crippen LogP contribution in [0.25, 0.3) is 0 Å². The number of carbonyl (C=O) groups excluding carboxylic acids is 1. The topological polar surface area (TPSA) is 63.6 Å². The van der Waals surface area contributed by atoms with Gasteiger partial charge in [0.15, 0.2) is 0 Å². The van der Waals surface area contributed by atoms with Crippen LogP contribution in [0.4, 0.5) is 0 Å². The average Bonchev–Trinajstić information content (AvgIpc) is 2.36. The first-order valence-electron chi connectivity index (χ1n) is 6.90. The van der Waals surface area contributed by atoms with E-state index in [0.717, 1.165) is 10.5 Å². The van der Waals surface area contributed by atoms with Crippen LogP contribution in [0.3, 0.4) is 0 Å². The minimum atomic E-state index is -0.813. The fraction of sp³-hybridized carbons (Fsp3) is 0.500. The Bertz CT molecular complexity index is 488. The molecule has 1 atom stereocenters. The van der Waals surface area contributed by atoms with E-state index < -0.39 is 17.5 Å². The monoisotopic (exact) mass is 310 g/mol. The predicted octanol–water partition coefficient (Wildman–Crippen LogP) is 3.70. The van der Waals surface area contributed by atoms with Crippen molar-refractivity contribution in [3.8, 4) is 0 Å². The van der Waals surface area contributed by atoms with Crippen molar-refractivity contribution in [1.82, 2.24) is 0 Å². The maximum absolute atomic E-state index is 11.6. The van der Waals surface area contributed by atoms with Gasteiger partial charge in [0.05, 0.1) is 11.7 Å². The molecule has 0 aromatic heterocycles. The second-order valence-corrected chi connectivity index (χ2v) is 6.79. The Morgan fingerprint density at radius 1 is 1.24 bits per heavy atom. The average molecular weight is 310 g/mol. The molecule has 0 aliphatic heterocycles. The summed E-state index contributed by atoms with van der Waals surface area (Å²) in [6, 6.07) is 7.30. The van der Waals surface area contributed by atoms with E-state index in [1.807, 2.05) is 39.8 Å². The van der Waals surface area contributed by atoms with E-state index in [0.29, 0.717) is 6.42 Å². The first-order chi connectivity index (χ1) is 9.73. The van der Waals surface area contributed by atoms with Crippen LogP contribution in [0.5, 0.6) is 0 Å². The molecule has 4 nitrogen and oxygen atoms in total. The second-order valence-electron chi connectivity index (χ2n) is 5.74. The standard InChI is InChI=1S/C16H22O4S/c1-5-13(15(18)19)11-6-8-12(9-7-11)21-10-14(17)20-16(2,3)4/h6-9,13H,5,10H2,1-4H3,(H,18,19). The molecular formula is C16H22O4S. The van der Waals surface area contributed by atoms with Crippen molar-refractivity contribution < 1.29 is 19.4 Å². The van der Waals surface area contributed by atoms with E-state index in [4.69, 9.17) is 9.84 Å². The summed E-state index contributed by atoms with van der Waals surface area (Å²) < 4.78 is 5.23. The van der Waals surface area contributed by atoms with E-state index in [2.05, 4.69) is 0 Å². The summed E-state index contributed by atoms with van der Waals surface area (Å²) >= 11 is 1.38. The molecule has 1 unspecified atom stereocenters. The van der Waals surface area contributed by atoms with Crippen molar-refractivity contribution in [2.75, 3.05) is 5.75 Å². The highest BCUT2D eigenvalue weighted by Gasteiger charge is 2.18. The number of thioether (sulfide) groups is 1. The second kappa shape index (κ2) is 7.50. The summed E-state index contributed by atoms with van der Waals surface area (Å²) in [5.41, 5.74) is 0.309. The molecular weight excluding hydrogens is 288 g/mol. The first kappa shape index (κ1) is 17.6. The molecule has 0 spiro atoms. The van der Waals surface area contributed by atoms with Gasteiger partial charge in [-0.1, -0.05) is 19.1 Å². The highest BCUT2D eigenvalue weighted by atomic mass is 32.2. The molecule has 1 aromatic carbocycles. The van der Waals surface area contributed by atoms with E-state index in [-0.39, 0.29) is 11.7 Å². The lowest BCUT2D eigenvalue weighted by atomic mass is 9.97. The van der Waals surface area contributed by atoms with Gasteiger partial charge in [0.25, 0.3) is 0 Å². The van der Waals surface area contributed by atoms with E-state index in [1.165, 1.54) is 11.8 Å². The van der Waals surface area contributed by atoms with Crippen LogP contribution in [0.2, 0.25) is 0 Å². The van der Waals surface area contributed by atoms with Gasteiger partial charge in [-0.05, 0) is 44.9 Å². The molecule has 1 rings (SSSR count). The van der Waals surface area contributed by atoms with Crippen molar-refractivity contribution in [3.05, 3.63) is 29.8 Å². The molecule has 21 heavy (non-hydrogen) atoms. The number of ether oxygens (including phenoxy) is 1. The van der Waals surface area contributed by atoms with Gasteiger partial charge in [-0.2, -0.15) is 0 Å². The Hall–Kier alpha value is -1.49. The molecule has 0 aliphatic carbocycles. The maximum Gasteiger partial charge on any atom is 0.316 e. The van der Waals surface area contributed by atoms with Crippen molar-refractivity contribution in [3.63, 3.8) is 0 Å². The molecule has 0 amide bonds. The van der Waals surface area contributed by atoms with E-state index in [1.54, 1.807) is 12.1 Å². The Morgan fingerprint density at radius 3 is 2.24 bits per heavy atom. The van der Waals surface area contributed by atoms with Gasteiger partial charge in [-0.3, -0.25) is 9.59 Å². The molecule has 5 heteroatoms. The zero-order valence-corrected chi connectivity index (χ0v) is 13.7. The summed E-state index contributed by atoms with van der Waals surface area (Å²) in [5, 5.41) is 9.11. The number of rotatable bonds is 6. The molecule has 0 heterocycles. The Morgan fingerprint density at radius 2 is 1.81 bits per heavy atom. The van der Waals surface area contributed by atoms with E-state index in [9.17, 15) is 9.59 Å². The van der Waals surface area contributed by atoms with Gasteiger partial charge in [0.2, 0.25) is 0 Å². The van der Waals surface area contributed by atoms with Crippen LogP contribution in [0.1, 0.15) is 45.6 Å². The lowest BCUT2D eigenvalue weighted by Gasteiger charge is -2.19. The number of esters is 1. The fourth-order valence-electron chi connectivity index (χ4n) is 1.86. The van der Waals surface area contributed by atoms with Crippen LogP contribution in [-0.4, -0.2) is 28.4 Å².